The summed E-state index contributed by atoms with van der Waals surface area (Å²) in [4.78, 5) is 14.5. The summed E-state index contributed by atoms with van der Waals surface area (Å²) < 4.78 is 0. The summed E-state index contributed by atoms with van der Waals surface area (Å²) in [5, 5.41) is 3.39. The quantitative estimate of drug-likeness (QED) is 0.919. The number of fused-ring (bicyclic) bond motifs is 1. The molecule has 1 aliphatic rings. The minimum Gasteiger partial charge on any atom is -0.322 e. The number of nitrogens with one attached hydrogen (secondary N) is 1. The SMILES string of the molecule is CN1CCc2ccc(NC(=O)c3ccccc3Cl)cc2C1. The zero-order valence-corrected chi connectivity index (χ0v) is 12.7. The van der Waals surface area contributed by atoms with Gasteiger partial charge in [0.1, 0.15) is 0 Å². The Morgan fingerprint density at radius 3 is 2.81 bits per heavy atom. The Balaban J connectivity index is 1.81. The van der Waals surface area contributed by atoms with Crippen molar-refractivity contribution in [1.82, 2.24) is 4.90 Å². The van der Waals surface area contributed by atoms with Crippen LogP contribution < -0.4 is 5.32 Å². The molecule has 1 amide bonds. The molecule has 2 aromatic carbocycles. The van der Waals surface area contributed by atoms with Crippen molar-refractivity contribution in [2.45, 2.75) is 13.0 Å². The number of likely N-dealkylation sites (N-methyl/N-ethyl adjacent to an activating group) is 1. The van der Waals surface area contributed by atoms with E-state index >= 15 is 0 Å². The van der Waals surface area contributed by atoms with Gasteiger partial charge in [-0.05, 0) is 48.9 Å². The molecule has 0 unspecified atom stereocenters. The van der Waals surface area contributed by atoms with E-state index in [0.717, 1.165) is 25.2 Å². The fourth-order valence-corrected chi connectivity index (χ4v) is 2.84. The van der Waals surface area contributed by atoms with E-state index in [0.29, 0.717) is 10.6 Å². The van der Waals surface area contributed by atoms with Crippen molar-refractivity contribution in [3.8, 4) is 0 Å². The Bertz CT molecular complexity index is 684. The van der Waals surface area contributed by atoms with Gasteiger partial charge in [0.15, 0.2) is 0 Å². The van der Waals surface area contributed by atoms with Crippen LogP contribution in [0.4, 0.5) is 5.69 Å². The molecule has 1 N–H and O–H groups in total. The van der Waals surface area contributed by atoms with Gasteiger partial charge in [-0.2, -0.15) is 0 Å². The maximum atomic E-state index is 12.3. The topological polar surface area (TPSA) is 32.3 Å². The van der Waals surface area contributed by atoms with Crippen molar-refractivity contribution < 1.29 is 4.79 Å². The molecule has 0 radical (unpaired) electrons. The maximum absolute atomic E-state index is 12.3. The Hall–Kier alpha value is -1.84. The molecule has 0 aliphatic carbocycles. The minimum absolute atomic E-state index is 0.176. The van der Waals surface area contributed by atoms with Gasteiger partial charge in [0.25, 0.3) is 5.91 Å². The van der Waals surface area contributed by atoms with Crippen molar-refractivity contribution in [1.29, 1.82) is 0 Å². The van der Waals surface area contributed by atoms with Crippen LogP contribution in [-0.4, -0.2) is 24.4 Å². The monoisotopic (exact) mass is 300 g/mol. The summed E-state index contributed by atoms with van der Waals surface area (Å²) in [7, 11) is 2.11. The number of carbonyl (C=O) groups excluding carboxylic acids is 1. The van der Waals surface area contributed by atoms with E-state index in [-0.39, 0.29) is 5.91 Å². The molecule has 0 saturated heterocycles. The molecule has 0 saturated carbocycles. The third kappa shape index (κ3) is 3.09. The molecule has 1 aliphatic heterocycles. The lowest BCUT2D eigenvalue weighted by molar-refractivity contribution is 0.102. The van der Waals surface area contributed by atoms with Gasteiger partial charge in [0.05, 0.1) is 10.6 Å². The summed E-state index contributed by atoms with van der Waals surface area (Å²) in [6.45, 7) is 2.00. The smallest absolute Gasteiger partial charge is 0.257 e. The number of anilines is 1. The van der Waals surface area contributed by atoms with Gasteiger partial charge in [-0.25, -0.2) is 0 Å². The number of halogens is 1. The van der Waals surface area contributed by atoms with E-state index in [1.165, 1.54) is 11.1 Å². The molecule has 0 atom stereocenters. The van der Waals surface area contributed by atoms with Crippen molar-refractivity contribution >= 4 is 23.2 Å². The number of hydrogen-bond acceptors (Lipinski definition) is 2. The van der Waals surface area contributed by atoms with Gasteiger partial charge in [-0.1, -0.05) is 29.8 Å². The van der Waals surface area contributed by atoms with Crippen LogP contribution in [0.25, 0.3) is 0 Å². The molecule has 3 nitrogen and oxygen atoms in total. The van der Waals surface area contributed by atoms with E-state index < -0.39 is 0 Å². The number of amides is 1. The third-order valence-electron chi connectivity index (χ3n) is 3.79. The van der Waals surface area contributed by atoms with E-state index in [1.807, 2.05) is 18.2 Å². The van der Waals surface area contributed by atoms with E-state index in [1.54, 1.807) is 12.1 Å². The lowest BCUT2D eigenvalue weighted by Crippen LogP contribution is -2.26. The van der Waals surface area contributed by atoms with Crippen LogP contribution in [0.1, 0.15) is 21.5 Å². The molecular weight excluding hydrogens is 284 g/mol. The molecule has 108 valence electrons. The normalized spacial score (nSPS) is 14.6. The van der Waals surface area contributed by atoms with Crippen molar-refractivity contribution in [2.24, 2.45) is 0 Å². The van der Waals surface area contributed by atoms with E-state index in [9.17, 15) is 4.79 Å². The van der Waals surface area contributed by atoms with Gasteiger partial charge in [0.2, 0.25) is 0 Å². The first-order valence-corrected chi connectivity index (χ1v) is 7.37. The van der Waals surface area contributed by atoms with E-state index in [2.05, 4.69) is 29.4 Å². The first kappa shape index (κ1) is 14.1. The largest absolute Gasteiger partial charge is 0.322 e. The second-order valence-electron chi connectivity index (χ2n) is 5.41. The van der Waals surface area contributed by atoms with Gasteiger partial charge >= 0.3 is 0 Å². The highest BCUT2D eigenvalue weighted by atomic mass is 35.5. The fraction of sp³-hybridized carbons (Fsp3) is 0.235. The Morgan fingerprint density at radius 1 is 1.19 bits per heavy atom. The van der Waals surface area contributed by atoms with Crippen LogP contribution in [-0.2, 0) is 13.0 Å². The fourth-order valence-electron chi connectivity index (χ4n) is 2.62. The Labute approximate surface area is 129 Å². The first-order chi connectivity index (χ1) is 10.1. The van der Waals surface area contributed by atoms with Crippen molar-refractivity contribution in [3.63, 3.8) is 0 Å². The predicted octanol–water partition coefficient (Wildman–Crippen LogP) is 3.58. The average Bonchev–Trinajstić information content (AvgIpc) is 2.47. The molecule has 4 heteroatoms. The second-order valence-corrected chi connectivity index (χ2v) is 5.81. The molecule has 0 bridgehead atoms. The summed E-state index contributed by atoms with van der Waals surface area (Å²) in [5.74, 6) is -0.176. The number of carbonyl (C=O) groups is 1. The number of benzene rings is 2. The van der Waals surface area contributed by atoms with Gasteiger partial charge in [-0.3, -0.25) is 4.79 Å². The van der Waals surface area contributed by atoms with Gasteiger partial charge < -0.3 is 10.2 Å². The highest BCUT2D eigenvalue weighted by molar-refractivity contribution is 6.34. The molecule has 21 heavy (non-hydrogen) atoms. The molecule has 0 fully saturated rings. The molecular formula is C17H17ClN2O. The lowest BCUT2D eigenvalue weighted by atomic mass is 9.99. The molecule has 0 aromatic heterocycles. The Kier molecular flexibility index (Phi) is 3.95. The number of rotatable bonds is 2. The minimum atomic E-state index is -0.176. The highest BCUT2D eigenvalue weighted by Gasteiger charge is 2.15. The van der Waals surface area contributed by atoms with Crippen LogP contribution >= 0.6 is 11.6 Å². The third-order valence-corrected chi connectivity index (χ3v) is 4.12. The van der Waals surface area contributed by atoms with Gasteiger partial charge in [-0.15, -0.1) is 0 Å². The lowest BCUT2D eigenvalue weighted by Gasteiger charge is -2.25. The van der Waals surface area contributed by atoms with Crippen molar-refractivity contribution in [2.75, 3.05) is 18.9 Å². The zero-order valence-electron chi connectivity index (χ0n) is 11.9. The standard InChI is InChI=1S/C17H17ClN2O/c1-20-9-8-12-6-7-14(10-13(12)11-20)19-17(21)15-4-2-3-5-16(15)18/h2-7,10H,8-9,11H2,1H3,(H,19,21). The molecule has 2 aromatic rings. The van der Waals surface area contributed by atoms with Crippen LogP contribution in [0, 0.1) is 0 Å². The number of nitrogens with zero attached hydrogens (tertiary/aromatic N) is 1. The van der Waals surface area contributed by atoms with Crippen LogP contribution in [0.5, 0.6) is 0 Å². The summed E-state index contributed by atoms with van der Waals surface area (Å²) in [6.07, 6.45) is 1.06. The Morgan fingerprint density at radius 2 is 2.00 bits per heavy atom. The molecule has 3 rings (SSSR count). The van der Waals surface area contributed by atoms with Crippen LogP contribution in [0.3, 0.4) is 0 Å². The summed E-state index contributed by atoms with van der Waals surface area (Å²) in [6, 6.07) is 13.2. The van der Waals surface area contributed by atoms with Crippen molar-refractivity contribution in [3.05, 3.63) is 64.2 Å². The van der Waals surface area contributed by atoms with Crippen LogP contribution in [0.15, 0.2) is 42.5 Å². The predicted molar refractivity (Wildman–Crippen MR) is 85.9 cm³/mol. The molecule has 1 heterocycles. The second kappa shape index (κ2) is 5.88. The molecule has 0 spiro atoms. The zero-order chi connectivity index (χ0) is 14.8. The average molecular weight is 301 g/mol. The summed E-state index contributed by atoms with van der Waals surface area (Å²) >= 11 is 6.05. The highest BCUT2D eigenvalue weighted by Crippen LogP contribution is 2.23. The first-order valence-electron chi connectivity index (χ1n) is 7.00. The van der Waals surface area contributed by atoms with Crippen LogP contribution in [0.2, 0.25) is 5.02 Å². The van der Waals surface area contributed by atoms with Gasteiger partial charge in [0, 0.05) is 18.8 Å². The van der Waals surface area contributed by atoms with E-state index in [4.69, 9.17) is 11.6 Å². The summed E-state index contributed by atoms with van der Waals surface area (Å²) in [5.41, 5.74) is 3.95. The number of hydrogen-bond donors (Lipinski definition) is 1. The maximum Gasteiger partial charge on any atom is 0.257 e.